The van der Waals surface area contributed by atoms with E-state index in [2.05, 4.69) is 31.1 Å². The topological polar surface area (TPSA) is 116 Å². The van der Waals surface area contributed by atoms with Crippen molar-refractivity contribution < 1.29 is 27.9 Å². The predicted octanol–water partition coefficient (Wildman–Crippen LogP) is 7.52. The number of nitrogens with two attached hydrogens (primary N) is 1. The minimum absolute atomic E-state index is 0.124. The van der Waals surface area contributed by atoms with E-state index in [9.17, 15) is 23.2 Å². The van der Waals surface area contributed by atoms with Crippen LogP contribution in [0.2, 0.25) is 0 Å². The molecule has 262 valence electrons. The minimum Gasteiger partial charge on any atom is -0.374 e. The number of ketones is 1. The number of Topliss-reactive ketones (excluding diaryl/α,β-unsaturated/α-hetero) is 1. The first-order valence-corrected chi connectivity index (χ1v) is 16.4. The quantitative estimate of drug-likeness (QED) is 0.173. The number of hydrogen-bond donors (Lipinski definition) is 2. The summed E-state index contributed by atoms with van der Waals surface area (Å²) in [5.74, 6) is -0.979. The number of hydrogen-bond acceptors (Lipinski definition) is 6. The van der Waals surface area contributed by atoms with Crippen LogP contribution in [0.4, 0.5) is 8.78 Å². The molecule has 0 saturated carbocycles. The molecule has 1 amide bonds. The molecule has 1 heterocycles. The molecule has 0 saturated heterocycles. The molecule has 3 rings (SSSR count). The molecule has 2 aromatic carbocycles. The lowest BCUT2D eigenvalue weighted by Crippen LogP contribution is -2.54. The van der Waals surface area contributed by atoms with Crippen LogP contribution in [-0.2, 0) is 25.7 Å². The van der Waals surface area contributed by atoms with E-state index in [1.807, 2.05) is 44.2 Å². The summed E-state index contributed by atoms with van der Waals surface area (Å²) in [6.45, 7) is 17.7. The molecule has 0 aliphatic rings. The van der Waals surface area contributed by atoms with Crippen molar-refractivity contribution in [2.45, 2.75) is 112 Å². The van der Waals surface area contributed by atoms with Gasteiger partial charge in [0.2, 0.25) is 5.91 Å². The number of imidazole rings is 1. The van der Waals surface area contributed by atoms with Crippen molar-refractivity contribution in [2.24, 2.45) is 11.7 Å². The average molecular weight is 659 g/mol. The summed E-state index contributed by atoms with van der Waals surface area (Å²) in [5.41, 5.74) is 6.52. The summed E-state index contributed by atoms with van der Waals surface area (Å²) in [6, 6.07) is 11.3. The third-order valence-electron chi connectivity index (χ3n) is 6.80. The highest BCUT2D eigenvalue weighted by molar-refractivity contribution is 5.91. The first-order valence-electron chi connectivity index (χ1n) is 16.4. The minimum atomic E-state index is -1.02. The van der Waals surface area contributed by atoms with Gasteiger partial charge in [-0.05, 0) is 45.2 Å². The molecule has 3 aromatic rings. The van der Waals surface area contributed by atoms with Crippen LogP contribution >= 0.6 is 0 Å². The second kappa shape index (κ2) is 23.5. The molecule has 47 heavy (non-hydrogen) atoms. The Balaban J connectivity index is 0.000000710. The molecule has 3 N–H and O–H groups in total. The predicted molar refractivity (Wildman–Crippen MR) is 185 cm³/mol. The lowest BCUT2D eigenvalue weighted by molar-refractivity contribution is -0.131. The number of amides is 1. The maximum Gasteiger partial charge on any atom is 0.240 e. The van der Waals surface area contributed by atoms with Gasteiger partial charge in [-0.3, -0.25) is 9.59 Å². The van der Waals surface area contributed by atoms with Crippen LogP contribution in [-0.4, -0.2) is 45.7 Å². The molecular weight excluding hydrogens is 602 g/mol. The number of halogens is 2. The second-order valence-corrected chi connectivity index (χ2v) is 11.8. The van der Waals surface area contributed by atoms with Crippen LogP contribution in [0, 0.1) is 24.5 Å². The lowest BCUT2D eigenvalue weighted by atomic mass is 10.0. The molecule has 0 fully saturated rings. The molecule has 2 atom stereocenters. The summed E-state index contributed by atoms with van der Waals surface area (Å²) >= 11 is 0. The van der Waals surface area contributed by atoms with Gasteiger partial charge >= 0.3 is 0 Å². The van der Waals surface area contributed by atoms with Crippen molar-refractivity contribution in [2.75, 3.05) is 6.61 Å². The highest BCUT2D eigenvalue weighted by atomic mass is 19.1. The fraction of sp³-hybridized carbons (Fsp3) is 0.514. The monoisotopic (exact) mass is 658 g/mol. The van der Waals surface area contributed by atoms with E-state index in [0.29, 0.717) is 12.9 Å². The third kappa shape index (κ3) is 17.7. The van der Waals surface area contributed by atoms with Crippen molar-refractivity contribution in [3.05, 3.63) is 89.5 Å². The zero-order valence-corrected chi connectivity index (χ0v) is 29.7. The smallest absolute Gasteiger partial charge is 0.240 e. The number of aryl methyl sites for hydroxylation is 1. The van der Waals surface area contributed by atoms with Crippen molar-refractivity contribution in [3.63, 3.8) is 0 Å². The van der Waals surface area contributed by atoms with Crippen LogP contribution in [0.1, 0.15) is 104 Å². The Morgan fingerprint density at radius 1 is 1.06 bits per heavy atom. The van der Waals surface area contributed by atoms with Crippen LogP contribution < -0.4 is 11.1 Å². The SMILES string of the molecule is CC.CC(=O)C(COCc1ccccc1)NC(=O)C(C)(C)N.CCCC(C)CCC.Cc1cn(C(C=O)c2ccc(F)cc2F)cn1. The molecule has 2 unspecified atom stereocenters. The molecular formula is C37H56F2N4O4. The lowest BCUT2D eigenvalue weighted by Gasteiger charge is -2.22. The van der Waals surface area contributed by atoms with Crippen molar-refractivity contribution in [3.8, 4) is 0 Å². The van der Waals surface area contributed by atoms with E-state index >= 15 is 0 Å². The Labute approximate surface area is 280 Å². The second-order valence-electron chi connectivity index (χ2n) is 11.8. The van der Waals surface area contributed by atoms with E-state index < -0.39 is 29.3 Å². The Bertz CT molecular complexity index is 1300. The molecule has 0 aliphatic heterocycles. The number of benzene rings is 2. The molecule has 0 aliphatic carbocycles. The number of ether oxygens (including phenoxy) is 1. The van der Waals surface area contributed by atoms with Crippen LogP contribution in [0.15, 0.2) is 61.1 Å². The molecule has 0 bridgehead atoms. The Kier molecular flexibility index (Phi) is 21.7. The normalized spacial score (nSPS) is 11.9. The first-order chi connectivity index (χ1) is 22.2. The number of aromatic nitrogens is 2. The molecule has 10 heteroatoms. The zero-order valence-electron chi connectivity index (χ0n) is 29.7. The van der Waals surface area contributed by atoms with Gasteiger partial charge in [-0.1, -0.05) is 96.7 Å². The van der Waals surface area contributed by atoms with Gasteiger partial charge in [0.25, 0.3) is 0 Å². The van der Waals surface area contributed by atoms with Gasteiger partial charge in [-0.15, -0.1) is 0 Å². The van der Waals surface area contributed by atoms with E-state index in [1.165, 1.54) is 49.6 Å². The van der Waals surface area contributed by atoms with Crippen molar-refractivity contribution in [1.29, 1.82) is 0 Å². The summed E-state index contributed by atoms with van der Waals surface area (Å²) in [6.07, 6.45) is 9.18. The van der Waals surface area contributed by atoms with Gasteiger partial charge in [-0.2, -0.15) is 0 Å². The largest absolute Gasteiger partial charge is 0.374 e. The highest BCUT2D eigenvalue weighted by Gasteiger charge is 2.26. The Morgan fingerprint density at radius 2 is 1.66 bits per heavy atom. The van der Waals surface area contributed by atoms with Crippen molar-refractivity contribution in [1.82, 2.24) is 14.9 Å². The van der Waals surface area contributed by atoms with E-state index in [4.69, 9.17) is 10.5 Å². The fourth-order valence-corrected chi connectivity index (χ4v) is 4.24. The molecule has 0 radical (unpaired) electrons. The van der Waals surface area contributed by atoms with Crippen LogP contribution in [0.5, 0.6) is 0 Å². The first kappa shape index (κ1) is 43.2. The van der Waals surface area contributed by atoms with Gasteiger partial charge < -0.3 is 25.1 Å². The number of carbonyl (C=O) groups is 3. The average Bonchev–Trinajstić information content (AvgIpc) is 3.45. The summed E-state index contributed by atoms with van der Waals surface area (Å²) < 4.78 is 33.3. The van der Waals surface area contributed by atoms with Gasteiger partial charge in [0.05, 0.1) is 30.8 Å². The summed E-state index contributed by atoms with van der Waals surface area (Å²) in [7, 11) is 0. The van der Waals surface area contributed by atoms with E-state index in [0.717, 1.165) is 29.3 Å². The van der Waals surface area contributed by atoms with E-state index in [1.54, 1.807) is 27.0 Å². The summed E-state index contributed by atoms with van der Waals surface area (Å²) in [5, 5.41) is 2.60. The number of nitrogens with zero attached hydrogens (tertiary/aromatic N) is 2. The Morgan fingerprint density at radius 3 is 2.11 bits per heavy atom. The maximum absolute atomic E-state index is 13.5. The summed E-state index contributed by atoms with van der Waals surface area (Å²) in [4.78, 5) is 38.3. The third-order valence-corrected chi connectivity index (χ3v) is 6.80. The maximum atomic E-state index is 13.5. The number of aldehydes is 1. The number of carbonyl (C=O) groups excluding carboxylic acids is 3. The van der Waals surface area contributed by atoms with Crippen LogP contribution in [0.25, 0.3) is 0 Å². The van der Waals surface area contributed by atoms with Crippen molar-refractivity contribution >= 4 is 18.0 Å². The molecule has 8 nitrogen and oxygen atoms in total. The van der Waals surface area contributed by atoms with E-state index in [-0.39, 0.29) is 23.9 Å². The van der Waals surface area contributed by atoms with Crippen LogP contribution in [0.3, 0.4) is 0 Å². The fourth-order valence-electron chi connectivity index (χ4n) is 4.24. The zero-order chi connectivity index (χ0) is 36.0. The van der Waals surface area contributed by atoms with Gasteiger partial charge in [-0.25, -0.2) is 13.8 Å². The van der Waals surface area contributed by atoms with Gasteiger partial charge in [0.1, 0.15) is 30.0 Å². The standard InChI is InChI=1S/C15H22N2O3.C12H10F2N2O.C8H18.C2H6/c1-11(18)13(17-14(19)15(2,3)16)10-20-9-12-7-5-4-6-8-12;1-8-5-16(7-15-8)12(6-17)10-3-2-9(13)4-11(10)14;1-4-6-8(3)7-5-2;1-2/h4-8,13H,9-10,16H2,1-3H3,(H,17,19);2-7,12H,1H3;8H,4-7H2,1-3H3;1-2H3. The molecule has 0 spiro atoms. The molecule has 1 aromatic heterocycles. The van der Waals surface area contributed by atoms with Gasteiger partial charge in [0, 0.05) is 17.8 Å². The number of nitrogens with one attached hydrogen (secondary N) is 1. The Hall–Kier alpha value is -3.76. The number of rotatable bonds is 14. The van der Waals surface area contributed by atoms with Gasteiger partial charge in [0.15, 0.2) is 5.78 Å². The highest BCUT2D eigenvalue weighted by Crippen LogP contribution is 2.20.